The molecule has 0 spiro atoms. The average molecular weight is 384 g/mol. The third kappa shape index (κ3) is 4.94. The second-order valence-electron chi connectivity index (χ2n) is 6.51. The molecule has 6 nitrogen and oxygen atoms in total. The highest BCUT2D eigenvalue weighted by Crippen LogP contribution is 2.22. The van der Waals surface area contributed by atoms with Gasteiger partial charge in [0.15, 0.2) is 0 Å². The van der Waals surface area contributed by atoms with Crippen LogP contribution in [0.2, 0.25) is 0 Å². The Balaban J connectivity index is 1.64. The molecule has 0 radical (unpaired) electrons. The molecule has 1 heterocycles. The number of rotatable bonds is 6. The number of ether oxygens (including phenoxy) is 1. The van der Waals surface area contributed by atoms with E-state index in [1.807, 2.05) is 6.07 Å². The van der Waals surface area contributed by atoms with E-state index in [0.29, 0.717) is 18.7 Å². The van der Waals surface area contributed by atoms with E-state index in [9.17, 15) is 18.8 Å². The summed E-state index contributed by atoms with van der Waals surface area (Å²) in [5.74, 6) is -2.16. The lowest BCUT2D eigenvalue weighted by molar-refractivity contribution is -0.159. The van der Waals surface area contributed by atoms with Crippen LogP contribution in [0.1, 0.15) is 34.9 Å². The zero-order valence-electron chi connectivity index (χ0n) is 15.3. The Morgan fingerprint density at radius 2 is 1.75 bits per heavy atom. The molecule has 3 rings (SSSR count). The number of hydrogen-bond donors (Lipinski definition) is 1. The van der Waals surface area contributed by atoms with E-state index in [4.69, 9.17) is 4.74 Å². The zero-order chi connectivity index (χ0) is 19.9. The number of nitrogens with one attached hydrogen (secondary N) is 1. The van der Waals surface area contributed by atoms with Crippen molar-refractivity contribution in [2.24, 2.45) is 0 Å². The Hall–Kier alpha value is -3.22. The van der Waals surface area contributed by atoms with Gasteiger partial charge in [-0.2, -0.15) is 0 Å². The molecule has 2 amide bonds. The van der Waals surface area contributed by atoms with Gasteiger partial charge >= 0.3 is 5.97 Å². The molecule has 0 aromatic heterocycles. The van der Waals surface area contributed by atoms with E-state index in [2.05, 4.69) is 5.32 Å². The number of carbonyl (C=O) groups is 3. The molecule has 2 aromatic carbocycles. The maximum Gasteiger partial charge on any atom is 0.326 e. The van der Waals surface area contributed by atoms with Crippen molar-refractivity contribution in [3.8, 4) is 0 Å². The number of amides is 2. The van der Waals surface area contributed by atoms with Crippen LogP contribution < -0.4 is 5.32 Å². The monoisotopic (exact) mass is 384 g/mol. The standard InChI is InChI=1S/C21H21FN2O4/c22-17-10-6-9-16(13-17)20(26)23-14-18(25)28-19(15-7-2-1-3-8-15)21(27)24-11-4-5-12-24/h1-3,6-10,13,19H,4-5,11-12,14H2,(H,23,26)/t19-/m0/s1. The summed E-state index contributed by atoms with van der Waals surface area (Å²) in [6, 6.07) is 13.9. The first-order valence-electron chi connectivity index (χ1n) is 9.11. The van der Waals surface area contributed by atoms with Gasteiger partial charge in [0.05, 0.1) is 0 Å². The number of nitrogens with zero attached hydrogens (tertiary/aromatic N) is 1. The van der Waals surface area contributed by atoms with Gasteiger partial charge in [0.2, 0.25) is 6.10 Å². The van der Waals surface area contributed by atoms with Gasteiger partial charge in [-0.1, -0.05) is 36.4 Å². The summed E-state index contributed by atoms with van der Waals surface area (Å²) in [6.45, 7) is 0.845. The number of halogens is 1. The third-order valence-corrected chi connectivity index (χ3v) is 4.47. The highest BCUT2D eigenvalue weighted by Gasteiger charge is 2.30. The van der Waals surface area contributed by atoms with Crippen molar-refractivity contribution < 1.29 is 23.5 Å². The summed E-state index contributed by atoms with van der Waals surface area (Å²) >= 11 is 0. The number of hydrogen-bond acceptors (Lipinski definition) is 4. The summed E-state index contributed by atoms with van der Waals surface area (Å²) < 4.78 is 18.6. The van der Waals surface area contributed by atoms with Crippen LogP contribution in [-0.2, 0) is 14.3 Å². The van der Waals surface area contributed by atoms with Crippen LogP contribution >= 0.6 is 0 Å². The Labute approximate surface area is 162 Å². The first kappa shape index (κ1) is 19.5. The van der Waals surface area contributed by atoms with Crippen molar-refractivity contribution in [2.45, 2.75) is 18.9 Å². The molecule has 1 saturated heterocycles. The predicted molar refractivity (Wildman–Crippen MR) is 99.8 cm³/mol. The molecular formula is C21H21FN2O4. The van der Waals surface area contributed by atoms with E-state index >= 15 is 0 Å². The van der Waals surface area contributed by atoms with Gasteiger partial charge in [0.25, 0.3) is 11.8 Å². The van der Waals surface area contributed by atoms with Crippen LogP contribution in [0.3, 0.4) is 0 Å². The van der Waals surface area contributed by atoms with Crippen LogP contribution in [0.15, 0.2) is 54.6 Å². The summed E-state index contributed by atoms with van der Waals surface area (Å²) in [4.78, 5) is 38.8. The minimum atomic E-state index is -1.06. The second-order valence-corrected chi connectivity index (χ2v) is 6.51. The molecule has 1 N–H and O–H groups in total. The van der Waals surface area contributed by atoms with Crippen molar-refractivity contribution in [1.82, 2.24) is 10.2 Å². The lowest BCUT2D eigenvalue weighted by Crippen LogP contribution is -2.37. The Bertz CT molecular complexity index is 850. The number of esters is 1. The summed E-state index contributed by atoms with van der Waals surface area (Å²) in [7, 11) is 0. The molecule has 7 heteroatoms. The predicted octanol–water partition coefficient (Wildman–Crippen LogP) is 2.46. The first-order valence-corrected chi connectivity index (χ1v) is 9.11. The normalized spacial score (nSPS) is 14.4. The number of likely N-dealkylation sites (tertiary alicyclic amines) is 1. The topological polar surface area (TPSA) is 75.7 Å². The molecule has 0 aliphatic carbocycles. The lowest BCUT2D eigenvalue weighted by Gasteiger charge is -2.23. The van der Waals surface area contributed by atoms with Crippen molar-refractivity contribution in [3.05, 3.63) is 71.5 Å². The molecular weight excluding hydrogens is 363 g/mol. The Morgan fingerprint density at radius 1 is 1.04 bits per heavy atom. The fraction of sp³-hybridized carbons (Fsp3) is 0.286. The highest BCUT2D eigenvalue weighted by atomic mass is 19.1. The molecule has 0 saturated carbocycles. The van der Waals surface area contributed by atoms with Gasteiger partial charge in [0, 0.05) is 24.2 Å². The van der Waals surface area contributed by atoms with Crippen LogP contribution in [-0.4, -0.2) is 42.3 Å². The van der Waals surface area contributed by atoms with Gasteiger partial charge in [-0.25, -0.2) is 4.39 Å². The highest BCUT2D eigenvalue weighted by molar-refractivity contribution is 5.96. The van der Waals surface area contributed by atoms with Gasteiger partial charge in [-0.15, -0.1) is 0 Å². The van der Waals surface area contributed by atoms with E-state index in [-0.39, 0.29) is 11.5 Å². The quantitative estimate of drug-likeness (QED) is 0.777. The number of carbonyl (C=O) groups excluding carboxylic acids is 3. The molecule has 146 valence electrons. The maximum absolute atomic E-state index is 13.2. The second kappa shape index (κ2) is 9.12. The Morgan fingerprint density at radius 3 is 2.43 bits per heavy atom. The van der Waals surface area contributed by atoms with Crippen molar-refractivity contribution >= 4 is 17.8 Å². The average Bonchev–Trinajstić information content (AvgIpc) is 3.25. The molecule has 1 aliphatic heterocycles. The largest absolute Gasteiger partial charge is 0.446 e. The summed E-state index contributed by atoms with van der Waals surface area (Å²) in [5, 5.41) is 2.39. The van der Waals surface area contributed by atoms with Crippen LogP contribution in [0.5, 0.6) is 0 Å². The smallest absolute Gasteiger partial charge is 0.326 e. The Kier molecular flexibility index (Phi) is 6.37. The van der Waals surface area contributed by atoms with E-state index in [1.54, 1.807) is 29.2 Å². The molecule has 28 heavy (non-hydrogen) atoms. The van der Waals surface area contributed by atoms with Gasteiger partial charge in [0.1, 0.15) is 12.4 Å². The SMILES string of the molecule is O=C(CNC(=O)c1cccc(F)c1)O[C@H](C(=O)N1CCCC1)c1ccccc1. The third-order valence-electron chi connectivity index (χ3n) is 4.47. The molecule has 2 aromatic rings. The number of benzene rings is 2. The lowest BCUT2D eigenvalue weighted by atomic mass is 10.1. The molecule has 1 aliphatic rings. The molecule has 1 fully saturated rings. The minimum Gasteiger partial charge on any atom is -0.446 e. The molecule has 0 unspecified atom stereocenters. The molecule has 1 atom stereocenters. The van der Waals surface area contributed by atoms with Crippen LogP contribution in [0.25, 0.3) is 0 Å². The zero-order valence-corrected chi connectivity index (χ0v) is 15.3. The first-order chi connectivity index (χ1) is 13.5. The van der Waals surface area contributed by atoms with Crippen molar-refractivity contribution in [1.29, 1.82) is 0 Å². The minimum absolute atomic E-state index is 0.0977. The van der Waals surface area contributed by atoms with Crippen LogP contribution in [0.4, 0.5) is 4.39 Å². The van der Waals surface area contributed by atoms with Gasteiger partial charge in [-0.05, 0) is 31.0 Å². The van der Waals surface area contributed by atoms with Crippen molar-refractivity contribution in [3.63, 3.8) is 0 Å². The fourth-order valence-corrected chi connectivity index (χ4v) is 3.05. The van der Waals surface area contributed by atoms with E-state index in [0.717, 1.165) is 18.9 Å². The van der Waals surface area contributed by atoms with Gasteiger partial charge in [-0.3, -0.25) is 14.4 Å². The fourth-order valence-electron chi connectivity index (χ4n) is 3.05. The van der Waals surface area contributed by atoms with Gasteiger partial charge < -0.3 is 15.0 Å². The summed E-state index contributed by atoms with van der Waals surface area (Å²) in [6.07, 6.45) is 0.786. The maximum atomic E-state index is 13.2. The molecule has 0 bridgehead atoms. The summed E-state index contributed by atoms with van der Waals surface area (Å²) in [5.41, 5.74) is 0.671. The van der Waals surface area contributed by atoms with E-state index in [1.165, 1.54) is 18.2 Å². The van der Waals surface area contributed by atoms with Crippen LogP contribution in [0, 0.1) is 5.82 Å². The van der Waals surface area contributed by atoms with E-state index < -0.39 is 30.3 Å². The van der Waals surface area contributed by atoms with Crippen molar-refractivity contribution in [2.75, 3.05) is 19.6 Å².